The fourth-order valence-electron chi connectivity index (χ4n) is 2.56. The van der Waals surface area contributed by atoms with Gasteiger partial charge in [-0.05, 0) is 48.9 Å². The number of carbonyl (C=O) groups is 1. The largest absolute Gasteiger partial charge is 0.497 e. The molecule has 1 amide bonds. The molecular formula is C20H20FN3O3. The van der Waals surface area contributed by atoms with Gasteiger partial charge in [-0.25, -0.2) is 9.37 Å². The maximum absolute atomic E-state index is 14.4. The molecule has 0 radical (unpaired) electrons. The van der Waals surface area contributed by atoms with Crippen LogP contribution in [0.1, 0.15) is 11.4 Å². The second-order valence-corrected chi connectivity index (χ2v) is 5.87. The lowest BCUT2D eigenvalue weighted by Gasteiger charge is -2.10. The Kier molecular flexibility index (Phi) is 5.71. The normalized spacial score (nSPS) is 10.5. The molecule has 0 aliphatic carbocycles. The van der Waals surface area contributed by atoms with Crippen LogP contribution in [0.5, 0.6) is 11.5 Å². The molecule has 27 heavy (non-hydrogen) atoms. The summed E-state index contributed by atoms with van der Waals surface area (Å²) in [6.45, 7) is 1.89. The molecular weight excluding hydrogens is 349 g/mol. The third kappa shape index (κ3) is 4.63. The summed E-state index contributed by atoms with van der Waals surface area (Å²) < 4.78 is 26.5. The molecule has 0 fully saturated rings. The van der Waals surface area contributed by atoms with Crippen molar-refractivity contribution in [2.75, 3.05) is 13.7 Å². The standard InChI is InChI=1S/C20H20FN3O3/c1-14-22-9-10-24(14)19-8-3-15(11-18(19)21)12-23-20(25)13-27-17-6-4-16(26-2)5-7-17/h3-11H,12-13H2,1-2H3,(H,23,25). The number of carbonyl (C=O) groups excluding carboxylic acids is 1. The van der Waals surface area contributed by atoms with Gasteiger partial charge in [0, 0.05) is 18.9 Å². The fourth-order valence-corrected chi connectivity index (χ4v) is 2.56. The van der Waals surface area contributed by atoms with Crippen LogP contribution >= 0.6 is 0 Å². The van der Waals surface area contributed by atoms with Gasteiger partial charge >= 0.3 is 0 Å². The topological polar surface area (TPSA) is 65.4 Å². The van der Waals surface area contributed by atoms with Gasteiger partial charge in [0.05, 0.1) is 12.8 Å². The SMILES string of the molecule is COc1ccc(OCC(=O)NCc2ccc(-n3ccnc3C)c(F)c2)cc1. The predicted molar refractivity (Wildman–Crippen MR) is 98.6 cm³/mol. The van der Waals surface area contributed by atoms with Crippen molar-refractivity contribution >= 4 is 5.91 Å². The van der Waals surface area contributed by atoms with Gasteiger partial charge in [0.2, 0.25) is 0 Å². The number of aromatic nitrogens is 2. The zero-order valence-electron chi connectivity index (χ0n) is 15.1. The molecule has 3 aromatic rings. The number of amides is 1. The molecule has 0 aliphatic heterocycles. The van der Waals surface area contributed by atoms with Gasteiger partial charge in [0.25, 0.3) is 5.91 Å². The van der Waals surface area contributed by atoms with E-state index in [-0.39, 0.29) is 24.9 Å². The molecule has 3 rings (SSSR count). The first-order valence-corrected chi connectivity index (χ1v) is 8.39. The molecule has 7 heteroatoms. The Balaban J connectivity index is 1.52. The molecule has 1 N–H and O–H groups in total. The summed E-state index contributed by atoms with van der Waals surface area (Å²) in [5, 5.41) is 2.71. The maximum Gasteiger partial charge on any atom is 0.258 e. The van der Waals surface area contributed by atoms with E-state index in [1.165, 1.54) is 6.07 Å². The maximum atomic E-state index is 14.4. The van der Waals surface area contributed by atoms with Gasteiger partial charge in [0.15, 0.2) is 6.61 Å². The highest BCUT2D eigenvalue weighted by molar-refractivity contribution is 5.77. The van der Waals surface area contributed by atoms with Crippen LogP contribution in [0.15, 0.2) is 54.9 Å². The van der Waals surface area contributed by atoms with Crippen molar-refractivity contribution in [1.82, 2.24) is 14.9 Å². The predicted octanol–water partition coefficient (Wildman–Crippen LogP) is 3.02. The first-order chi connectivity index (χ1) is 13.1. The van der Waals surface area contributed by atoms with E-state index >= 15 is 0 Å². The first kappa shape index (κ1) is 18.4. The zero-order valence-corrected chi connectivity index (χ0v) is 15.1. The van der Waals surface area contributed by atoms with Gasteiger partial charge in [0.1, 0.15) is 23.1 Å². The number of hydrogen-bond donors (Lipinski definition) is 1. The highest BCUT2D eigenvalue weighted by atomic mass is 19.1. The summed E-state index contributed by atoms with van der Waals surface area (Å²) >= 11 is 0. The second kappa shape index (κ2) is 8.35. The number of methoxy groups -OCH3 is 1. The smallest absolute Gasteiger partial charge is 0.258 e. The van der Waals surface area contributed by atoms with Crippen molar-refractivity contribution in [2.24, 2.45) is 0 Å². The Morgan fingerprint density at radius 3 is 2.56 bits per heavy atom. The number of nitrogens with zero attached hydrogens (tertiary/aromatic N) is 2. The Hall–Kier alpha value is -3.35. The van der Waals surface area contributed by atoms with E-state index in [1.807, 2.05) is 0 Å². The molecule has 140 valence electrons. The van der Waals surface area contributed by atoms with Crippen molar-refractivity contribution < 1.29 is 18.7 Å². The number of nitrogens with one attached hydrogen (secondary N) is 1. The van der Waals surface area contributed by atoms with Gasteiger partial charge in [-0.15, -0.1) is 0 Å². The van der Waals surface area contributed by atoms with Gasteiger partial charge in [-0.2, -0.15) is 0 Å². The lowest BCUT2D eigenvalue weighted by Crippen LogP contribution is -2.28. The molecule has 6 nitrogen and oxygen atoms in total. The Morgan fingerprint density at radius 2 is 1.93 bits per heavy atom. The molecule has 0 saturated heterocycles. The van der Waals surface area contributed by atoms with Crippen LogP contribution < -0.4 is 14.8 Å². The Labute approximate surface area is 156 Å². The lowest BCUT2D eigenvalue weighted by atomic mass is 10.2. The number of hydrogen-bond acceptors (Lipinski definition) is 4. The molecule has 0 aliphatic rings. The highest BCUT2D eigenvalue weighted by Gasteiger charge is 2.09. The molecule has 0 atom stereocenters. The second-order valence-electron chi connectivity index (χ2n) is 5.87. The van der Waals surface area contributed by atoms with Crippen LogP contribution in [-0.2, 0) is 11.3 Å². The summed E-state index contributed by atoms with van der Waals surface area (Å²) in [6.07, 6.45) is 3.32. The van der Waals surface area contributed by atoms with Crippen LogP contribution in [0.4, 0.5) is 4.39 Å². The lowest BCUT2D eigenvalue weighted by molar-refractivity contribution is -0.123. The van der Waals surface area contributed by atoms with Gasteiger partial charge in [-0.3, -0.25) is 4.79 Å². The van der Waals surface area contributed by atoms with E-state index < -0.39 is 0 Å². The first-order valence-electron chi connectivity index (χ1n) is 8.39. The van der Waals surface area contributed by atoms with Crippen molar-refractivity contribution in [3.05, 3.63) is 72.1 Å². The number of halogens is 1. The van der Waals surface area contributed by atoms with Crippen molar-refractivity contribution in [1.29, 1.82) is 0 Å². The number of rotatable bonds is 7. The summed E-state index contributed by atoms with van der Waals surface area (Å²) in [5.41, 5.74) is 1.08. The minimum atomic E-state index is -0.377. The highest BCUT2D eigenvalue weighted by Crippen LogP contribution is 2.18. The summed E-state index contributed by atoms with van der Waals surface area (Å²) in [4.78, 5) is 16.0. The van der Waals surface area contributed by atoms with E-state index in [4.69, 9.17) is 9.47 Å². The summed E-state index contributed by atoms with van der Waals surface area (Å²) in [6, 6.07) is 11.8. The molecule has 0 unspecified atom stereocenters. The quantitative estimate of drug-likeness (QED) is 0.695. The van der Waals surface area contributed by atoms with Crippen molar-refractivity contribution in [2.45, 2.75) is 13.5 Å². The van der Waals surface area contributed by atoms with Crippen LogP contribution in [0, 0.1) is 12.7 Å². The van der Waals surface area contributed by atoms with Crippen molar-refractivity contribution in [3.63, 3.8) is 0 Å². The van der Waals surface area contributed by atoms with E-state index in [0.717, 1.165) is 0 Å². The van der Waals surface area contributed by atoms with Gasteiger partial charge < -0.3 is 19.4 Å². The van der Waals surface area contributed by atoms with E-state index in [0.29, 0.717) is 28.6 Å². The minimum Gasteiger partial charge on any atom is -0.497 e. The third-order valence-corrected chi connectivity index (χ3v) is 4.02. The number of benzene rings is 2. The van der Waals surface area contributed by atoms with Crippen molar-refractivity contribution in [3.8, 4) is 17.2 Å². The monoisotopic (exact) mass is 369 g/mol. The molecule has 0 spiro atoms. The molecule has 2 aromatic carbocycles. The molecule has 1 heterocycles. The van der Waals surface area contributed by atoms with Crippen LogP contribution in [0.25, 0.3) is 5.69 Å². The molecule has 0 saturated carbocycles. The van der Waals surface area contributed by atoms with E-state index in [1.54, 1.807) is 67.4 Å². The summed E-state index contributed by atoms with van der Waals surface area (Å²) in [5.74, 6) is 1.31. The van der Waals surface area contributed by atoms with E-state index in [9.17, 15) is 9.18 Å². The number of ether oxygens (including phenoxy) is 2. The molecule has 0 bridgehead atoms. The Bertz CT molecular complexity index is 922. The van der Waals surface area contributed by atoms with Crippen LogP contribution in [0.2, 0.25) is 0 Å². The minimum absolute atomic E-state index is 0.124. The van der Waals surface area contributed by atoms with Crippen LogP contribution in [0.3, 0.4) is 0 Å². The van der Waals surface area contributed by atoms with Gasteiger partial charge in [-0.1, -0.05) is 6.07 Å². The number of imidazole rings is 1. The van der Waals surface area contributed by atoms with Crippen LogP contribution in [-0.4, -0.2) is 29.2 Å². The average molecular weight is 369 g/mol. The van der Waals surface area contributed by atoms with E-state index in [2.05, 4.69) is 10.3 Å². The fraction of sp³-hybridized carbons (Fsp3) is 0.200. The average Bonchev–Trinajstić information content (AvgIpc) is 3.11. The third-order valence-electron chi connectivity index (χ3n) is 4.02. The summed E-state index contributed by atoms with van der Waals surface area (Å²) in [7, 11) is 1.58. The zero-order chi connectivity index (χ0) is 19.2. The molecule has 1 aromatic heterocycles. The number of aryl methyl sites for hydroxylation is 1. The Morgan fingerprint density at radius 1 is 1.19 bits per heavy atom.